The molecule has 0 aliphatic carbocycles. The molecule has 0 amide bonds. The zero-order valence-electron chi connectivity index (χ0n) is 8.48. The first kappa shape index (κ1) is 11.8. The van der Waals surface area contributed by atoms with Crippen molar-refractivity contribution < 1.29 is 14.3 Å². The Morgan fingerprint density at radius 3 is 2.47 bits per heavy atom. The van der Waals surface area contributed by atoms with E-state index in [4.69, 9.17) is 10.8 Å². The molecule has 2 unspecified atom stereocenters. The number of Topliss-reactive ketones (excluding diaryl/α,β-unsaturated/α-hetero) is 1. The van der Waals surface area contributed by atoms with Gasteiger partial charge < -0.3 is 10.8 Å². The van der Waals surface area contributed by atoms with Crippen LogP contribution in [0.3, 0.4) is 0 Å². The largest absolute Gasteiger partial charge is 0.386 e. The van der Waals surface area contributed by atoms with Crippen molar-refractivity contribution >= 4 is 5.78 Å². The van der Waals surface area contributed by atoms with Gasteiger partial charge in [0.25, 0.3) is 0 Å². The van der Waals surface area contributed by atoms with Crippen LogP contribution in [-0.4, -0.2) is 23.0 Å². The third-order valence-corrected chi connectivity index (χ3v) is 2.15. The highest BCUT2D eigenvalue weighted by molar-refractivity contribution is 5.87. The molecule has 0 saturated carbocycles. The summed E-state index contributed by atoms with van der Waals surface area (Å²) in [5.74, 6) is -0.728. The maximum absolute atomic E-state index is 12.6. The Bertz CT molecular complexity index is 335. The molecule has 15 heavy (non-hydrogen) atoms. The minimum atomic E-state index is -1.06. The molecule has 3 N–H and O–H groups in total. The smallest absolute Gasteiger partial charge is 0.177 e. The van der Waals surface area contributed by atoms with Crippen molar-refractivity contribution in [3.05, 3.63) is 35.6 Å². The summed E-state index contributed by atoms with van der Waals surface area (Å²) in [4.78, 5) is 11.3. The van der Waals surface area contributed by atoms with Crippen LogP contribution in [0.2, 0.25) is 0 Å². The zero-order valence-corrected chi connectivity index (χ0v) is 8.48. The summed E-state index contributed by atoms with van der Waals surface area (Å²) in [7, 11) is 0. The molecule has 0 fully saturated rings. The first-order valence-electron chi connectivity index (χ1n) is 4.72. The van der Waals surface area contributed by atoms with Gasteiger partial charge in [-0.25, -0.2) is 4.39 Å². The predicted molar refractivity (Wildman–Crippen MR) is 54.8 cm³/mol. The highest BCUT2D eigenvalue weighted by Crippen LogP contribution is 2.06. The third kappa shape index (κ3) is 3.42. The van der Waals surface area contributed by atoms with Crippen molar-refractivity contribution in [1.29, 1.82) is 0 Å². The van der Waals surface area contributed by atoms with Crippen molar-refractivity contribution in [3.63, 3.8) is 0 Å². The van der Waals surface area contributed by atoms with Crippen molar-refractivity contribution in [2.75, 3.05) is 0 Å². The van der Waals surface area contributed by atoms with Crippen LogP contribution >= 0.6 is 0 Å². The van der Waals surface area contributed by atoms with E-state index in [1.807, 2.05) is 0 Å². The number of carbonyl (C=O) groups is 1. The molecule has 0 aliphatic heterocycles. The second-order valence-corrected chi connectivity index (χ2v) is 3.52. The summed E-state index contributed by atoms with van der Waals surface area (Å²) in [6.45, 7) is 1.38. The van der Waals surface area contributed by atoms with Gasteiger partial charge in [-0.2, -0.15) is 0 Å². The Hall–Kier alpha value is -1.26. The number of benzene rings is 1. The van der Waals surface area contributed by atoms with Crippen LogP contribution in [0, 0.1) is 5.82 Å². The van der Waals surface area contributed by atoms with Crippen LogP contribution in [0.15, 0.2) is 24.3 Å². The molecule has 2 atom stereocenters. The normalized spacial score (nSPS) is 14.7. The highest BCUT2D eigenvalue weighted by Gasteiger charge is 2.18. The van der Waals surface area contributed by atoms with E-state index in [2.05, 4.69) is 0 Å². The van der Waals surface area contributed by atoms with Gasteiger partial charge in [0.05, 0.1) is 6.04 Å². The maximum Gasteiger partial charge on any atom is 0.177 e. The summed E-state index contributed by atoms with van der Waals surface area (Å²) >= 11 is 0. The van der Waals surface area contributed by atoms with Gasteiger partial charge in [0.2, 0.25) is 0 Å². The van der Waals surface area contributed by atoms with Crippen LogP contribution in [0.4, 0.5) is 4.39 Å². The minimum Gasteiger partial charge on any atom is -0.386 e. The Balaban J connectivity index is 2.62. The van der Waals surface area contributed by atoms with E-state index in [9.17, 15) is 9.18 Å². The maximum atomic E-state index is 12.6. The highest BCUT2D eigenvalue weighted by atomic mass is 19.1. The van der Waals surface area contributed by atoms with Gasteiger partial charge in [0.15, 0.2) is 5.78 Å². The van der Waals surface area contributed by atoms with Crippen LogP contribution in [-0.2, 0) is 11.2 Å². The molecule has 0 saturated heterocycles. The van der Waals surface area contributed by atoms with E-state index < -0.39 is 17.9 Å². The Labute approximate surface area is 87.7 Å². The average Bonchev–Trinajstić information content (AvgIpc) is 2.20. The number of hydrogen-bond acceptors (Lipinski definition) is 3. The molecule has 4 heteroatoms. The monoisotopic (exact) mass is 211 g/mol. The Morgan fingerprint density at radius 1 is 1.47 bits per heavy atom. The second kappa shape index (κ2) is 5.00. The van der Waals surface area contributed by atoms with Gasteiger partial charge in [-0.05, 0) is 31.0 Å². The van der Waals surface area contributed by atoms with E-state index in [0.717, 1.165) is 5.56 Å². The number of nitrogens with two attached hydrogens (primary N) is 1. The van der Waals surface area contributed by atoms with Gasteiger partial charge in [-0.1, -0.05) is 12.1 Å². The fourth-order valence-corrected chi connectivity index (χ4v) is 1.28. The molecule has 0 bridgehead atoms. The number of carbonyl (C=O) groups excluding carboxylic acids is 1. The third-order valence-electron chi connectivity index (χ3n) is 2.15. The average molecular weight is 211 g/mol. The first-order chi connectivity index (χ1) is 7.00. The van der Waals surface area contributed by atoms with Crippen LogP contribution in [0.5, 0.6) is 0 Å². The van der Waals surface area contributed by atoms with Crippen molar-refractivity contribution in [2.45, 2.75) is 25.5 Å². The molecule has 1 aromatic carbocycles. The molecule has 1 rings (SSSR count). The summed E-state index contributed by atoms with van der Waals surface area (Å²) in [6.07, 6.45) is -0.746. The number of halogens is 1. The Morgan fingerprint density at radius 2 is 2.00 bits per heavy atom. The standard InChI is InChI=1S/C11H14FNO2/c1-7(14)11(15)10(13)6-8-2-4-9(12)5-3-8/h2-5,7,10,14H,6,13H2,1H3. The van der Waals surface area contributed by atoms with Gasteiger partial charge in [0.1, 0.15) is 11.9 Å². The fourth-order valence-electron chi connectivity index (χ4n) is 1.28. The second-order valence-electron chi connectivity index (χ2n) is 3.52. The van der Waals surface area contributed by atoms with Crippen LogP contribution in [0.25, 0.3) is 0 Å². The van der Waals surface area contributed by atoms with E-state index in [-0.39, 0.29) is 5.82 Å². The van der Waals surface area contributed by atoms with E-state index in [0.29, 0.717) is 6.42 Å². The van der Waals surface area contributed by atoms with E-state index in [1.54, 1.807) is 12.1 Å². The lowest BCUT2D eigenvalue weighted by molar-refractivity contribution is -0.127. The topological polar surface area (TPSA) is 63.3 Å². The quantitative estimate of drug-likeness (QED) is 0.768. The van der Waals surface area contributed by atoms with Crippen molar-refractivity contribution in [3.8, 4) is 0 Å². The minimum absolute atomic E-state index is 0.310. The zero-order chi connectivity index (χ0) is 11.4. The first-order valence-corrected chi connectivity index (χ1v) is 4.72. The number of hydrogen-bond donors (Lipinski definition) is 2. The van der Waals surface area contributed by atoms with E-state index >= 15 is 0 Å². The Kier molecular flexibility index (Phi) is 3.94. The molecule has 0 spiro atoms. The van der Waals surface area contributed by atoms with Gasteiger partial charge >= 0.3 is 0 Å². The molecule has 0 aliphatic rings. The number of aliphatic hydroxyl groups is 1. The number of rotatable bonds is 4. The lowest BCUT2D eigenvalue weighted by atomic mass is 10.0. The number of ketones is 1. The number of aliphatic hydroxyl groups excluding tert-OH is 1. The lowest BCUT2D eigenvalue weighted by Gasteiger charge is -2.12. The van der Waals surface area contributed by atoms with Crippen molar-refractivity contribution in [1.82, 2.24) is 0 Å². The molecule has 0 heterocycles. The molecule has 0 aromatic heterocycles. The predicted octanol–water partition coefficient (Wildman–Crippen LogP) is 0.645. The van der Waals surface area contributed by atoms with Gasteiger partial charge in [-0.15, -0.1) is 0 Å². The summed E-state index contributed by atoms with van der Waals surface area (Å²) < 4.78 is 12.6. The fraction of sp³-hybridized carbons (Fsp3) is 0.364. The van der Waals surface area contributed by atoms with Crippen LogP contribution in [0.1, 0.15) is 12.5 Å². The molecular formula is C11H14FNO2. The van der Waals surface area contributed by atoms with Crippen molar-refractivity contribution in [2.24, 2.45) is 5.73 Å². The molecule has 82 valence electrons. The van der Waals surface area contributed by atoms with Gasteiger partial charge in [0, 0.05) is 0 Å². The van der Waals surface area contributed by atoms with Gasteiger partial charge in [-0.3, -0.25) is 4.79 Å². The molecular weight excluding hydrogens is 197 g/mol. The summed E-state index contributed by atoms with van der Waals surface area (Å²) in [6, 6.07) is 5.04. The van der Waals surface area contributed by atoms with Crippen LogP contribution < -0.4 is 5.73 Å². The SMILES string of the molecule is CC(O)C(=O)C(N)Cc1ccc(F)cc1. The van der Waals surface area contributed by atoms with E-state index in [1.165, 1.54) is 19.1 Å². The molecule has 1 aromatic rings. The summed E-state index contributed by atoms with van der Waals surface area (Å²) in [5, 5.41) is 9.02. The lowest BCUT2D eigenvalue weighted by Crippen LogP contribution is -2.38. The molecule has 3 nitrogen and oxygen atoms in total. The summed E-state index contributed by atoms with van der Waals surface area (Å²) in [5.41, 5.74) is 6.36. The molecule has 0 radical (unpaired) electrons.